The van der Waals surface area contributed by atoms with Crippen LogP contribution in [-0.2, 0) is 4.79 Å². The normalized spacial score (nSPS) is 21.6. The molecular formula is C13H22N2O3. The Morgan fingerprint density at radius 3 is 2.39 bits per heavy atom. The number of nitrogens with one attached hydrogen (secondary N) is 2. The van der Waals surface area contributed by atoms with Crippen molar-refractivity contribution in [3.05, 3.63) is 0 Å². The Balaban J connectivity index is 1.68. The lowest BCUT2D eigenvalue weighted by Crippen LogP contribution is -2.45. The van der Waals surface area contributed by atoms with Gasteiger partial charge in [0.05, 0.1) is 6.42 Å². The van der Waals surface area contributed by atoms with E-state index in [9.17, 15) is 9.59 Å². The van der Waals surface area contributed by atoms with Crippen LogP contribution < -0.4 is 10.6 Å². The van der Waals surface area contributed by atoms with Gasteiger partial charge in [-0.1, -0.05) is 12.8 Å². The van der Waals surface area contributed by atoms with Gasteiger partial charge < -0.3 is 15.7 Å². The summed E-state index contributed by atoms with van der Waals surface area (Å²) in [6.07, 6.45) is 7.00. The van der Waals surface area contributed by atoms with Gasteiger partial charge in [-0.2, -0.15) is 0 Å². The van der Waals surface area contributed by atoms with Crippen molar-refractivity contribution < 1.29 is 14.7 Å². The minimum Gasteiger partial charge on any atom is -0.481 e. The first kappa shape index (κ1) is 13.2. The molecule has 0 aromatic carbocycles. The van der Waals surface area contributed by atoms with Gasteiger partial charge >= 0.3 is 12.0 Å². The van der Waals surface area contributed by atoms with Gasteiger partial charge in [-0.15, -0.1) is 0 Å². The number of carbonyl (C=O) groups excluding carboxylic acids is 1. The fourth-order valence-corrected chi connectivity index (χ4v) is 2.69. The number of hydrogen-bond donors (Lipinski definition) is 3. The van der Waals surface area contributed by atoms with Crippen LogP contribution in [0.5, 0.6) is 0 Å². The molecule has 18 heavy (non-hydrogen) atoms. The Labute approximate surface area is 107 Å². The van der Waals surface area contributed by atoms with Crippen LogP contribution in [0.2, 0.25) is 0 Å². The molecule has 0 heterocycles. The number of carboxylic acids is 1. The standard InChI is InChI=1S/C13H22N2O3/c16-12(17)7-11(10-5-6-10)15-13(18)14-8-9-3-1-2-4-9/h9-11H,1-8H2,(H,16,17)(H2,14,15,18). The second-order valence-electron chi connectivity index (χ2n) is 5.55. The van der Waals surface area contributed by atoms with Gasteiger partial charge in [0.1, 0.15) is 0 Å². The Bertz CT molecular complexity index is 309. The molecule has 5 heteroatoms. The third-order valence-corrected chi connectivity index (χ3v) is 3.93. The lowest BCUT2D eigenvalue weighted by atomic mass is 10.1. The summed E-state index contributed by atoms with van der Waals surface area (Å²) in [6.45, 7) is 0.719. The first-order chi connectivity index (χ1) is 8.65. The third kappa shape index (κ3) is 4.20. The number of hydrogen-bond acceptors (Lipinski definition) is 2. The van der Waals surface area contributed by atoms with Gasteiger partial charge in [0.2, 0.25) is 0 Å². The van der Waals surface area contributed by atoms with Crippen LogP contribution in [0.1, 0.15) is 44.9 Å². The van der Waals surface area contributed by atoms with E-state index in [0.717, 1.165) is 19.4 Å². The Morgan fingerprint density at radius 2 is 1.83 bits per heavy atom. The molecule has 2 saturated carbocycles. The van der Waals surface area contributed by atoms with E-state index in [0.29, 0.717) is 11.8 Å². The van der Waals surface area contributed by atoms with Crippen LogP contribution in [-0.4, -0.2) is 29.7 Å². The summed E-state index contributed by atoms with van der Waals surface area (Å²) >= 11 is 0. The molecule has 0 saturated heterocycles. The largest absolute Gasteiger partial charge is 0.481 e. The van der Waals surface area contributed by atoms with Crippen molar-refractivity contribution in [2.24, 2.45) is 11.8 Å². The zero-order valence-electron chi connectivity index (χ0n) is 10.7. The van der Waals surface area contributed by atoms with Crippen LogP contribution >= 0.6 is 0 Å². The molecule has 0 aliphatic heterocycles. The van der Waals surface area contributed by atoms with Crippen LogP contribution in [0, 0.1) is 11.8 Å². The Kier molecular flexibility index (Phi) is 4.44. The van der Waals surface area contributed by atoms with Crippen LogP contribution in [0.3, 0.4) is 0 Å². The molecule has 0 radical (unpaired) electrons. The smallest absolute Gasteiger partial charge is 0.315 e. The average Bonchev–Trinajstić information content (AvgIpc) is 3.02. The minimum atomic E-state index is -0.844. The summed E-state index contributed by atoms with van der Waals surface area (Å²) in [5.41, 5.74) is 0. The molecule has 2 rings (SSSR count). The Morgan fingerprint density at radius 1 is 1.17 bits per heavy atom. The van der Waals surface area contributed by atoms with Crippen LogP contribution in [0.4, 0.5) is 4.79 Å². The van der Waals surface area contributed by atoms with Crippen molar-refractivity contribution in [2.75, 3.05) is 6.54 Å². The molecule has 2 fully saturated rings. The second-order valence-corrected chi connectivity index (χ2v) is 5.55. The molecule has 5 nitrogen and oxygen atoms in total. The summed E-state index contributed by atoms with van der Waals surface area (Å²) < 4.78 is 0. The van der Waals surface area contributed by atoms with E-state index >= 15 is 0 Å². The summed E-state index contributed by atoms with van der Waals surface area (Å²) in [5.74, 6) is 0.121. The zero-order valence-corrected chi connectivity index (χ0v) is 10.7. The SMILES string of the molecule is O=C(O)CC(NC(=O)NCC1CCCC1)C1CC1. The average molecular weight is 254 g/mol. The molecule has 1 unspecified atom stereocenters. The van der Waals surface area contributed by atoms with Crippen molar-refractivity contribution in [3.63, 3.8) is 0 Å². The van der Waals surface area contributed by atoms with Gasteiger partial charge in [0.25, 0.3) is 0 Å². The molecule has 2 aliphatic carbocycles. The highest BCUT2D eigenvalue weighted by molar-refractivity contribution is 5.75. The predicted molar refractivity (Wildman–Crippen MR) is 67.3 cm³/mol. The molecule has 102 valence electrons. The molecule has 3 N–H and O–H groups in total. The molecule has 0 aromatic rings. The van der Waals surface area contributed by atoms with Crippen molar-refractivity contribution >= 4 is 12.0 Å². The maximum atomic E-state index is 11.7. The zero-order chi connectivity index (χ0) is 13.0. The van der Waals surface area contributed by atoms with E-state index < -0.39 is 5.97 Å². The highest BCUT2D eigenvalue weighted by Crippen LogP contribution is 2.34. The van der Waals surface area contributed by atoms with Gasteiger partial charge in [0, 0.05) is 12.6 Å². The van der Waals surface area contributed by atoms with E-state index in [2.05, 4.69) is 10.6 Å². The fraction of sp³-hybridized carbons (Fsp3) is 0.846. The van der Waals surface area contributed by atoms with E-state index in [1.54, 1.807) is 0 Å². The molecule has 0 spiro atoms. The second kappa shape index (κ2) is 6.07. The van der Waals surface area contributed by atoms with Crippen LogP contribution in [0.15, 0.2) is 0 Å². The molecular weight excluding hydrogens is 232 g/mol. The minimum absolute atomic E-state index is 0.0293. The van der Waals surface area contributed by atoms with E-state index in [1.807, 2.05) is 0 Å². The van der Waals surface area contributed by atoms with Crippen molar-refractivity contribution in [1.82, 2.24) is 10.6 Å². The monoisotopic (exact) mass is 254 g/mol. The first-order valence-electron chi connectivity index (χ1n) is 6.91. The molecule has 1 atom stereocenters. The number of aliphatic carboxylic acids is 1. The van der Waals surface area contributed by atoms with Gasteiger partial charge in [0.15, 0.2) is 0 Å². The number of carboxylic acid groups (broad SMARTS) is 1. The maximum absolute atomic E-state index is 11.7. The van der Waals surface area contributed by atoms with E-state index in [1.165, 1.54) is 25.7 Å². The number of amides is 2. The summed E-state index contributed by atoms with van der Waals surface area (Å²) in [5, 5.41) is 14.5. The van der Waals surface area contributed by atoms with Crippen molar-refractivity contribution in [1.29, 1.82) is 0 Å². The van der Waals surface area contributed by atoms with Crippen LogP contribution in [0.25, 0.3) is 0 Å². The molecule has 0 aromatic heterocycles. The lowest BCUT2D eigenvalue weighted by molar-refractivity contribution is -0.137. The van der Waals surface area contributed by atoms with Gasteiger partial charge in [-0.25, -0.2) is 4.79 Å². The highest BCUT2D eigenvalue weighted by Gasteiger charge is 2.33. The van der Waals surface area contributed by atoms with E-state index in [4.69, 9.17) is 5.11 Å². The predicted octanol–water partition coefficient (Wildman–Crippen LogP) is 1.73. The lowest BCUT2D eigenvalue weighted by Gasteiger charge is -2.18. The van der Waals surface area contributed by atoms with E-state index in [-0.39, 0.29) is 18.5 Å². The molecule has 2 amide bonds. The summed E-state index contributed by atoms with van der Waals surface area (Å²) in [7, 11) is 0. The summed E-state index contributed by atoms with van der Waals surface area (Å²) in [6, 6.07) is -0.411. The van der Waals surface area contributed by atoms with Crippen molar-refractivity contribution in [3.8, 4) is 0 Å². The first-order valence-corrected chi connectivity index (χ1v) is 6.91. The summed E-state index contributed by atoms with van der Waals surface area (Å²) in [4.78, 5) is 22.4. The number of carbonyl (C=O) groups is 2. The Hall–Kier alpha value is -1.26. The maximum Gasteiger partial charge on any atom is 0.315 e. The topological polar surface area (TPSA) is 78.4 Å². The number of rotatable bonds is 6. The number of urea groups is 1. The highest BCUT2D eigenvalue weighted by atomic mass is 16.4. The van der Waals surface area contributed by atoms with Crippen molar-refractivity contribution in [2.45, 2.75) is 51.0 Å². The van der Waals surface area contributed by atoms with Gasteiger partial charge in [-0.05, 0) is 37.5 Å². The van der Waals surface area contributed by atoms with Gasteiger partial charge in [-0.3, -0.25) is 4.79 Å². The third-order valence-electron chi connectivity index (χ3n) is 3.93. The fourth-order valence-electron chi connectivity index (χ4n) is 2.69. The quantitative estimate of drug-likeness (QED) is 0.675. The molecule has 0 bridgehead atoms. The molecule has 2 aliphatic rings.